The fraction of sp³-hybridized carbons (Fsp3) is 0.560. The number of imide groups is 1. The highest BCUT2D eigenvalue weighted by molar-refractivity contribution is 6.35. The smallest absolute Gasteiger partial charge is 0.278 e. The van der Waals surface area contributed by atoms with Gasteiger partial charge in [0.1, 0.15) is 5.70 Å². The lowest BCUT2D eigenvalue weighted by atomic mass is 9.97. The van der Waals surface area contributed by atoms with Gasteiger partial charge >= 0.3 is 0 Å². The van der Waals surface area contributed by atoms with Crippen molar-refractivity contribution in [3.05, 3.63) is 35.5 Å². The van der Waals surface area contributed by atoms with Crippen LogP contribution in [0.5, 0.6) is 0 Å². The van der Waals surface area contributed by atoms with Crippen LogP contribution in [-0.4, -0.2) is 46.7 Å². The van der Waals surface area contributed by atoms with E-state index in [0.717, 1.165) is 57.2 Å². The van der Waals surface area contributed by atoms with Crippen molar-refractivity contribution in [1.82, 2.24) is 9.80 Å². The molecule has 2 fully saturated rings. The number of carbonyl (C=O) groups excluding carboxylic acids is 3. The third-order valence-electron chi connectivity index (χ3n) is 6.75. The summed E-state index contributed by atoms with van der Waals surface area (Å²) in [6.45, 7) is 5.29. The molecule has 0 bridgehead atoms. The number of benzene rings is 1. The summed E-state index contributed by atoms with van der Waals surface area (Å²) < 4.78 is 0. The summed E-state index contributed by atoms with van der Waals surface area (Å²) in [5.41, 5.74) is 2.53. The van der Waals surface area contributed by atoms with E-state index in [-0.39, 0.29) is 23.8 Å². The number of amides is 3. The summed E-state index contributed by atoms with van der Waals surface area (Å²) in [6.07, 6.45) is 8.47. The van der Waals surface area contributed by atoms with E-state index in [2.05, 4.69) is 17.1 Å². The van der Waals surface area contributed by atoms with Crippen molar-refractivity contribution in [1.29, 1.82) is 0 Å². The molecule has 2 aliphatic heterocycles. The molecule has 1 saturated heterocycles. The van der Waals surface area contributed by atoms with Gasteiger partial charge in [0.25, 0.3) is 11.8 Å². The molecule has 1 unspecified atom stereocenters. The fourth-order valence-corrected chi connectivity index (χ4v) is 5.25. The summed E-state index contributed by atoms with van der Waals surface area (Å²) in [7, 11) is 0. The number of nitrogens with zero attached hydrogens (tertiary/aromatic N) is 2. The first-order valence-electron chi connectivity index (χ1n) is 11.7. The monoisotopic (exact) mass is 423 g/mol. The summed E-state index contributed by atoms with van der Waals surface area (Å²) in [5, 5.41) is 2.76. The Bertz CT molecular complexity index is 882. The Balaban J connectivity index is 1.71. The lowest BCUT2D eigenvalue weighted by Crippen LogP contribution is -2.43. The normalized spacial score (nSPS) is 23.4. The molecule has 1 aromatic rings. The summed E-state index contributed by atoms with van der Waals surface area (Å²) in [5.74, 6) is 0.0884. The van der Waals surface area contributed by atoms with Gasteiger partial charge in [0, 0.05) is 31.7 Å². The average Bonchev–Trinajstić information content (AvgIpc) is 2.90. The molecule has 6 nitrogen and oxygen atoms in total. The Hall–Kier alpha value is -2.63. The van der Waals surface area contributed by atoms with Gasteiger partial charge in [-0.1, -0.05) is 44.7 Å². The Morgan fingerprint density at radius 1 is 0.935 bits per heavy atom. The SMILES string of the molecule is CC(=O)Nc1ccc(C2=C(N3CCCC(C)C3)C(=O)N(C3CCCCCC3)C2=O)cc1. The largest absolute Gasteiger partial charge is 0.366 e. The molecule has 1 atom stereocenters. The van der Waals surface area contributed by atoms with E-state index >= 15 is 0 Å². The highest BCUT2D eigenvalue weighted by Gasteiger charge is 2.45. The van der Waals surface area contributed by atoms with Crippen molar-refractivity contribution < 1.29 is 14.4 Å². The third-order valence-corrected chi connectivity index (χ3v) is 6.75. The molecule has 1 aromatic carbocycles. The maximum absolute atomic E-state index is 13.7. The van der Waals surface area contributed by atoms with Crippen LogP contribution in [0, 0.1) is 5.92 Å². The Kier molecular flexibility index (Phi) is 6.44. The minimum atomic E-state index is -0.155. The van der Waals surface area contributed by atoms with Gasteiger partial charge in [-0.25, -0.2) is 0 Å². The molecule has 4 rings (SSSR count). The van der Waals surface area contributed by atoms with Crippen molar-refractivity contribution in [2.75, 3.05) is 18.4 Å². The van der Waals surface area contributed by atoms with Gasteiger partial charge in [-0.05, 0) is 49.3 Å². The number of rotatable bonds is 4. The predicted molar refractivity (Wildman–Crippen MR) is 121 cm³/mol. The first-order valence-corrected chi connectivity index (χ1v) is 11.7. The summed E-state index contributed by atoms with van der Waals surface area (Å²) in [4.78, 5) is 42.4. The van der Waals surface area contributed by atoms with E-state index in [1.165, 1.54) is 19.8 Å². The molecule has 1 aliphatic carbocycles. The Morgan fingerprint density at radius 2 is 1.61 bits per heavy atom. The molecular formula is C25H33N3O3. The second-order valence-electron chi connectivity index (χ2n) is 9.30. The highest BCUT2D eigenvalue weighted by Crippen LogP contribution is 2.37. The van der Waals surface area contributed by atoms with Crippen LogP contribution in [0.25, 0.3) is 5.57 Å². The zero-order valence-electron chi connectivity index (χ0n) is 18.7. The van der Waals surface area contributed by atoms with Crippen LogP contribution in [0.15, 0.2) is 30.0 Å². The first-order chi connectivity index (χ1) is 15.0. The van der Waals surface area contributed by atoms with E-state index in [1.54, 1.807) is 17.0 Å². The van der Waals surface area contributed by atoms with Gasteiger partial charge < -0.3 is 10.2 Å². The second-order valence-corrected chi connectivity index (χ2v) is 9.30. The molecular weight excluding hydrogens is 390 g/mol. The van der Waals surface area contributed by atoms with Crippen molar-refractivity contribution >= 4 is 29.0 Å². The van der Waals surface area contributed by atoms with Crippen LogP contribution in [0.2, 0.25) is 0 Å². The number of hydrogen-bond donors (Lipinski definition) is 1. The Labute approximate surface area is 184 Å². The maximum Gasteiger partial charge on any atom is 0.278 e. The molecule has 166 valence electrons. The Morgan fingerprint density at radius 3 is 2.23 bits per heavy atom. The van der Waals surface area contributed by atoms with E-state index in [0.29, 0.717) is 22.9 Å². The summed E-state index contributed by atoms with van der Waals surface area (Å²) in [6, 6.07) is 7.28. The van der Waals surface area contributed by atoms with Gasteiger partial charge in [-0.15, -0.1) is 0 Å². The molecule has 2 heterocycles. The molecule has 0 aromatic heterocycles. The predicted octanol–water partition coefficient (Wildman–Crippen LogP) is 4.18. The number of hydrogen-bond acceptors (Lipinski definition) is 4. The zero-order valence-corrected chi connectivity index (χ0v) is 18.7. The van der Waals surface area contributed by atoms with Gasteiger partial charge in [0.2, 0.25) is 5.91 Å². The minimum Gasteiger partial charge on any atom is -0.366 e. The van der Waals surface area contributed by atoms with E-state index < -0.39 is 0 Å². The molecule has 1 saturated carbocycles. The lowest BCUT2D eigenvalue weighted by molar-refractivity contribution is -0.140. The van der Waals surface area contributed by atoms with Gasteiger partial charge in [-0.3, -0.25) is 19.3 Å². The van der Waals surface area contributed by atoms with Gasteiger partial charge in [0.15, 0.2) is 0 Å². The summed E-state index contributed by atoms with van der Waals surface area (Å²) >= 11 is 0. The molecule has 3 amide bonds. The van der Waals surface area contributed by atoms with Gasteiger partial charge in [0.05, 0.1) is 5.57 Å². The molecule has 0 spiro atoms. The van der Waals surface area contributed by atoms with Crippen LogP contribution in [0.4, 0.5) is 5.69 Å². The topological polar surface area (TPSA) is 69.7 Å². The van der Waals surface area contributed by atoms with Crippen LogP contribution in [-0.2, 0) is 14.4 Å². The van der Waals surface area contributed by atoms with E-state index in [1.807, 2.05) is 12.1 Å². The maximum atomic E-state index is 13.7. The highest BCUT2D eigenvalue weighted by atomic mass is 16.2. The van der Waals surface area contributed by atoms with Crippen molar-refractivity contribution in [3.8, 4) is 0 Å². The number of nitrogens with one attached hydrogen (secondary N) is 1. The molecule has 6 heteroatoms. The zero-order chi connectivity index (χ0) is 22.0. The quantitative estimate of drug-likeness (QED) is 0.583. The lowest BCUT2D eigenvalue weighted by Gasteiger charge is -2.34. The van der Waals surface area contributed by atoms with Crippen molar-refractivity contribution in [2.24, 2.45) is 5.92 Å². The number of carbonyl (C=O) groups is 3. The van der Waals surface area contributed by atoms with Crippen LogP contribution in [0.3, 0.4) is 0 Å². The average molecular weight is 424 g/mol. The minimum absolute atomic E-state index is 0.00383. The van der Waals surface area contributed by atoms with Crippen LogP contribution < -0.4 is 5.32 Å². The van der Waals surface area contributed by atoms with Crippen molar-refractivity contribution in [2.45, 2.75) is 71.3 Å². The first kappa shape index (κ1) is 21.6. The number of anilines is 1. The molecule has 3 aliphatic rings. The van der Waals surface area contributed by atoms with E-state index in [4.69, 9.17) is 0 Å². The van der Waals surface area contributed by atoms with Crippen LogP contribution >= 0.6 is 0 Å². The van der Waals surface area contributed by atoms with Crippen molar-refractivity contribution in [3.63, 3.8) is 0 Å². The standard InChI is InChI=1S/C25H33N3O3/c1-17-8-7-15-27(16-17)23-22(19-11-13-20(14-12-19)26-18(2)29)24(30)28(25(23)31)21-9-5-3-4-6-10-21/h11-14,17,21H,3-10,15-16H2,1-2H3,(H,26,29). The fourth-order valence-electron chi connectivity index (χ4n) is 5.25. The molecule has 31 heavy (non-hydrogen) atoms. The number of likely N-dealkylation sites (tertiary alicyclic amines) is 1. The molecule has 1 N–H and O–H groups in total. The second kappa shape index (κ2) is 9.25. The number of piperidine rings is 1. The van der Waals surface area contributed by atoms with E-state index in [9.17, 15) is 14.4 Å². The molecule has 0 radical (unpaired) electrons. The van der Waals surface area contributed by atoms with Gasteiger partial charge in [-0.2, -0.15) is 0 Å². The van der Waals surface area contributed by atoms with Crippen LogP contribution in [0.1, 0.15) is 70.8 Å². The third kappa shape index (κ3) is 4.53.